The maximum Gasteiger partial charge on any atom is 0.336 e. The molecule has 7 heteroatoms. The monoisotopic (exact) mass is 385 g/mol. The number of carbonyl (C=O) groups is 1. The van der Waals surface area contributed by atoms with Crippen LogP contribution in [-0.2, 0) is 9.53 Å². The molecule has 1 aliphatic heterocycles. The number of hydrogen-bond acceptors (Lipinski definition) is 6. The largest absolute Gasteiger partial charge is 0.463 e. The third-order valence-electron chi connectivity index (χ3n) is 4.41. The number of fused-ring (bicyclic) bond motifs is 1. The molecule has 2 aromatic rings. The number of anilines is 1. The van der Waals surface area contributed by atoms with E-state index in [2.05, 4.69) is 15.3 Å². The highest BCUT2D eigenvalue weighted by molar-refractivity contribution is 7.99. The van der Waals surface area contributed by atoms with E-state index in [1.54, 1.807) is 6.92 Å². The Morgan fingerprint density at radius 1 is 1.22 bits per heavy atom. The quantitative estimate of drug-likeness (QED) is 0.465. The molecular formula is C20H23N3O3S. The lowest BCUT2D eigenvalue weighted by atomic mass is 9.82. The summed E-state index contributed by atoms with van der Waals surface area (Å²) in [7, 11) is 0. The molecule has 0 spiro atoms. The third-order valence-corrected chi connectivity index (χ3v) is 5.16. The van der Waals surface area contributed by atoms with Crippen molar-refractivity contribution < 1.29 is 9.53 Å². The van der Waals surface area contributed by atoms with Gasteiger partial charge >= 0.3 is 5.97 Å². The van der Waals surface area contributed by atoms with Gasteiger partial charge in [0.2, 0.25) is 0 Å². The molecule has 1 aromatic heterocycles. The van der Waals surface area contributed by atoms with Gasteiger partial charge in [-0.2, -0.15) is 0 Å². The summed E-state index contributed by atoms with van der Waals surface area (Å²) < 4.78 is 5.27. The number of thioether (sulfide) groups is 1. The van der Waals surface area contributed by atoms with Crippen LogP contribution in [0, 0.1) is 6.92 Å². The molecule has 0 aliphatic carbocycles. The van der Waals surface area contributed by atoms with E-state index in [1.807, 2.05) is 45.0 Å². The number of nitrogens with one attached hydrogen (secondary N) is 2. The Kier molecular flexibility index (Phi) is 5.70. The van der Waals surface area contributed by atoms with E-state index in [-0.39, 0.29) is 12.2 Å². The van der Waals surface area contributed by atoms with E-state index in [1.165, 1.54) is 11.8 Å². The molecule has 1 aromatic carbocycles. The molecule has 1 atom stereocenters. The van der Waals surface area contributed by atoms with Crippen LogP contribution in [0.5, 0.6) is 0 Å². The van der Waals surface area contributed by atoms with E-state index in [4.69, 9.17) is 4.74 Å². The van der Waals surface area contributed by atoms with Gasteiger partial charge in [0.1, 0.15) is 5.82 Å². The highest BCUT2D eigenvalue weighted by Gasteiger charge is 2.36. The summed E-state index contributed by atoms with van der Waals surface area (Å²) in [6.45, 7) is 7.84. The summed E-state index contributed by atoms with van der Waals surface area (Å²) in [5, 5.41) is 3.69. The van der Waals surface area contributed by atoms with Crippen LogP contribution in [0.1, 0.15) is 43.4 Å². The number of benzene rings is 1. The van der Waals surface area contributed by atoms with Gasteiger partial charge in [-0.25, -0.2) is 9.78 Å². The first-order valence-corrected chi connectivity index (χ1v) is 9.93. The van der Waals surface area contributed by atoms with Gasteiger partial charge in [0, 0.05) is 5.70 Å². The van der Waals surface area contributed by atoms with Gasteiger partial charge in [-0.05, 0) is 32.1 Å². The van der Waals surface area contributed by atoms with Crippen molar-refractivity contribution in [3.8, 4) is 0 Å². The number of rotatable bonds is 5. The van der Waals surface area contributed by atoms with Crippen LogP contribution in [0.15, 0.2) is 45.5 Å². The van der Waals surface area contributed by atoms with Gasteiger partial charge in [0.05, 0.1) is 23.7 Å². The van der Waals surface area contributed by atoms with E-state index >= 15 is 0 Å². The van der Waals surface area contributed by atoms with Crippen molar-refractivity contribution in [2.24, 2.45) is 0 Å². The summed E-state index contributed by atoms with van der Waals surface area (Å²) in [4.78, 5) is 33.0. The zero-order chi connectivity index (χ0) is 19.6. The molecule has 6 nitrogen and oxygen atoms in total. The Labute approximate surface area is 162 Å². The SMILES string of the molecule is CCOC(=O)C1=C(C)Nc2nc(SCC)[nH]c(=O)c2C1c1ccc(C)cc1. The summed E-state index contributed by atoms with van der Waals surface area (Å²) in [6, 6.07) is 7.82. The molecule has 3 rings (SSSR count). The average molecular weight is 385 g/mol. The number of aromatic nitrogens is 2. The first-order chi connectivity index (χ1) is 13.0. The molecule has 0 bridgehead atoms. The highest BCUT2D eigenvalue weighted by Crippen LogP contribution is 2.40. The van der Waals surface area contributed by atoms with Gasteiger partial charge in [0.15, 0.2) is 5.16 Å². The van der Waals surface area contributed by atoms with E-state index < -0.39 is 11.9 Å². The van der Waals surface area contributed by atoms with E-state index in [0.29, 0.717) is 27.8 Å². The summed E-state index contributed by atoms with van der Waals surface area (Å²) in [5.74, 6) is 0.334. The lowest BCUT2D eigenvalue weighted by molar-refractivity contribution is -0.138. The van der Waals surface area contributed by atoms with Crippen LogP contribution in [0.2, 0.25) is 0 Å². The fraction of sp³-hybridized carbons (Fsp3) is 0.350. The maximum absolute atomic E-state index is 12.9. The van der Waals surface area contributed by atoms with Crippen molar-refractivity contribution >= 4 is 23.5 Å². The lowest BCUT2D eigenvalue weighted by Gasteiger charge is -2.28. The number of ether oxygens (including phenoxy) is 1. The smallest absolute Gasteiger partial charge is 0.336 e. The molecule has 0 saturated carbocycles. The number of carbonyl (C=O) groups excluding carboxylic acids is 1. The Bertz CT molecular complexity index is 948. The van der Waals surface area contributed by atoms with E-state index in [0.717, 1.165) is 16.9 Å². The fourth-order valence-corrected chi connectivity index (χ4v) is 3.80. The molecular weight excluding hydrogens is 362 g/mol. The minimum Gasteiger partial charge on any atom is -0.463 e. The molecule has 0 saturated heterocycles. The van der Waals surface area contributed by atoms with Crippen LogP contribution < -0.4 is 10.9 Å². The van der Waals surface area contributed by atoms with Crippen LogP contribution in [0.4, 0.5) is 5.82 Å². The number of H-pyrrole nitrogens is 1. The number of hydrogen-bond donors (Lipinski definition) is 2. The second kappa shape index (κ2) is 8.00. The second-order valence-electron chi connectivity index (χ2n) is 6.29. The average Bonchev–Trinajstić information content (AvgIpc) is 2.61. The van der Waals surface area contributed by atoms with Gasteiger partial charge < -0.3 is 15.0 Å². The lowest BCUT2D eigenvalue weighted by Crippen LogP contribution is -2.31. The van der Waals surface area contributed by atoms with Crippen LogP contribution in [-0.4, -0.2) is 28.3 Å². The Hall–Kier alpha value is -2.54. The normalized spacial score (nSPS) is 15.9. The minimum absolute atomic E-state index is 0.247. The van der Waals surface area contributed by atoms with Crippen molar-refractivity contribution in [2.45, 2.75) is 38.8 Å². The van der Waals surface area contributed by atoms with Crippen LogP contribution in [0.25, 0.3) is 0 Å². The maximum atomic E-state index is 12.9. The second-order valence-corrected chi connectivity index (χ2v) is 7.55. The Morgan fingerprint density at radius 3 is 2.56 bits per heavy atom. The molecule has 0 fully saturated rings. The van der Waals surface area contributed by atoms with Gasteiger partial charge in [0.25, 0.3) is 5.56 Å². The zero-order valence-corrected chi connectivity index (χ0v) is 16.7. The number of nitrogens with zero attached hydrogens (tertiary/aromatic N) is 1. The molecule has 0 amide bonds. The molecule has 0 radical (unpaired) electrons. The first kappa shape index (κ1) is 19.2. The summed E-state index contributed by atoms with van der Waals surface area (Å²) in [5.41, 5.74) is 3.24. The highest BCUT2D eigenvalue weighted by atomic mass is 32.2. The van der Waals surface area contributed by atoms with E-state index in [9.17, 15) is 9.59 Å². The molecule has 2 N–H and O–H groups in total. The predicted molar refractivity (Wildman–Crippen MR) is 107 cm³/mol. The summed E-state index contributed by atoms with van der Waals surface area (Å²) in [6.07, 6.45) is 0. The molecule has 142 valence electrons. The van der Waals surface area contributed by atoms with Crippen molar-refractivity contribution in [3.05, 3.63) is 62.6 Å². The van der Waals surface area contributed by atoms with Crippen molar-refractivity contribution in [3.63, 3.8) is 0 Å². The van der Waals surface area contributed by atoms with Crippen molar-refractivity contribution in [1.29, 1.82) is 0 Å². The molecule has 1 unspecified atom stereocenters. The minimum atomic E-state index is -0.530. The Balaban J connectivity index is 2.22. The summed E-state index contributed by atoms with van der Waals surface area (Å²) >= 11 is 1.46. The van der Waals surface area contributed by atoms with Gasteiger partial charge in [-0.15, -0.1) is 0 Å². The number of aromatic amines is 1. The fourth-order valence-electron chi connectivity index (χ4n) is 3.21. The molecule has 2 heterocycles. The predicted octanol–water partition coefficient (Wildman–Crippen LogP) is 3.58. The first-order valence-electron chi connectivity index (χ1n) is 8.94. The topological polar surface area (TPSA) is 84.1 Å². The van der Waals surface area contributed by atoms with Gasteiger partial charge in [-0.3, -0.25) is 4.79 Å². The third kappa shape index (κ3) is 3.78. The number of esters is 1. The number of aryl methyl sites for hydroxylation is 1. The molecule has 27 heavy (non-hydrogen) atoms. The van der Waals surface area contributed by atoms with Crippen LogP contribution >= 0.6 is 11.8 Å². The van der Waals surface area contributed by atoms with Crippen molar-refractivity contribution in [2.75, 3.05) is 17.7 Å². The van der Waals surface area contributed by atoms with Gasteiger partial charge in [-0.1, -0.05) is 48.5 Å². The number of allylic oxidation sites excluding steroid dienone is 1. The Morgan fingerprint density at radius 2 is 1.93 bits per heavy atom. The zero-order valence-electron chi connectivity index (χ0n) is 15.9. The molecule has 1 aliphatic rings. The van der Waals surface area contributed by atoms with Crippen LogP contribution in [0.3, 0.4) is 0 Å². The van der Waals surface area contributed by atoms with Crippen molar-refractivity contribution in [1.82, 2.24) is 9.97 Å². The standard InChI is InChI=1S/C20H23N3O3S/c1-5-26-19(25)14-12(4)21-17-16(18(24)23-20(22-17)27-6-2)15(14)13-9-7-11(3)8-10-13/h7-10,15H,5-6H2,1-4H3,(H2,21,22,23,24).